The highest BCUT2D eigenvalue weighted by atomic mass is 35.5. The van der Waals surface area contributed by atoms with Crippen LogP contribution in [0.4, 0.5) is 4.39 Å². The second kappa shape index (κ2) is 6.78. The van der Waals surface area contributed by atoms with Gasteiger partial charge in [0.05, 0.1) is 17.2 Å². The summed E-state index contributed by atoms with van der Waals surface area (Å²) in [5.74, 6) is -0.178. The topological polar surface area (TPSA) is 35.5 Å². The quantitative estimate of drug-likeness (QED) is 0.763. The number of carbonyl (C=O) groups excluding carboxylic acids is 1. The molecule has 0 fully saturated rings. The smallest absolute Gasteiger partial charge is 0.200 e. The minimum atomic E-state index is -0.603. The van der Waals surface area contributed by atoms with E-state index in [1.165, 1.54) is 25.3 Å². The van der Waals surface area contributed by atoms with Crippen molar-refractivity contribution in [3.05, 3.63) is 57.8 Å². The molecular formula is C15H11Cl2FO3. The van der Waals surface area contributed by atoms with Crippen molar-refractivity contribution in [3.8, 4) is 11.5 Å². The van der Waals surface area contributed by atoms with Crippen LogP contribution in [0, 0.1) is 5.82 Å². The molecular weight excluding hydrogens is 318 g/mol. The molecule has 110 valence electrons. The van der Waals surface area contributed by atoms with Crippen molar-refractivity contribution in [1.29, 1.82) is 0 Å². The molecule has 0 bridgehead atoms. The van der Waals surface area contributed by atoms with Crippen LogP contribution in [0.3, 0.4) is 0 Å². The molecule has 3 nitrogen and oxygen atoms in total. The van der Waals surface area contributed by atoms with Crippen molar-refractivity contribution in [2.24, 2.45) is 0 Å². The Hall–Kier alpha value is -1.78. The fraction of sp³-hybridized carbons (Fsp3) is 0.133. The van der Waals surface area contributed by atoms with Gasteiger partial charge in [-0.25, -0.2) is 4.39 Å². The predicted molar refractivity (Wildman–Crippen MR) is 79.2 cm³/mol. The number of ketones is 1. The zero-order valence-corrected chi connectivity index (χ0v) is 12.5. The number of methoxy groups -OCH3 is 1. The van der Waals surface area contributed by atoms with Crippen LogP contribution in [0.2, 0.25) is 10.0 Å². The minimum absolute atomic E-state index is 0.00406. The lowest BCUT2D eigenvalue weighted by molar-refractivity contribution is 0.0921. The van der Waals surface area contributed by atoms with E-state index in [9.17, 15) is 9.18 Å². The summed E-state index contributed by atoms with van der Waals surface area (Å²) in [6.07, 6.45) is 0. The molecule has 0 aromatic heterocycles. The SMILES string of the molecule is COc1ccc(C(=O)COc2ccc(Cl)c(F)c2)cc1Cl. The van der Waals surface area contributed by atoms with Gasteiger partial charge in [-0.15, -0.1) is 0 Å². The van der Waals surface area contributed by atoms with Crippen molar-refractivity contribution in [2.45, 2.75) is 0 Å². The number of carbonyl (C=O) groups is 1. The van der Waals surface area contributed by atoms with Crippen molar-refractivity contribution < 1.29 is 18.7 Å². The second-order valence-corrected chi connectivity index (χ2v) is 4.95. The maximum absolute atomic E-state index is 13.2. The van der Waals surface area contributed by atoms with Gasteiger partial charge in [0, 0.05) is 11.6 Å². The first kappa shape index (κ1) is 15.6. The van der Waals surface area contributed by atoms with Crippen molar-refractivity contribution in [2.75, 3.05) is 13.7 Å². The third kappa shape index (κ3) is 3.86. The summed E-state index contributed by atoms with van der Waals surface area (Å²) < 4.78 is 23.5. The average molecular weight is 329 g/mol. The number of benzene rings is 2. The van der Waals surface area contributed by atoms with Gasteiger partial charge in [-0.3, -0.25) is 4.79 Å². The van der Waals surface area contributed by atoms with Crippen LogP contribution in [-0.2, 0) is 0 Å². The highest BCUT2D eigenvalue weighted by Gasteiger charge is 2.11. The standard InChI is InChI=1S/C15H11Cl2FO3/c1-20-15-5-2-9(6-12(15)17)14(19)8-21-10-3-4-11(16)13(18)7-10/h2-7H,8H2,1H3. The molecule has 0 saturated heterocycles. The molecule has 0 unspecified atom stereocenters. The van der Waals surface area contributed by atoms with Crippen LogP contribution < -0.4 is 9.47 Å². The van der Waals surface area contributed by atoms with Gasteiger partial charge in [0.2, 0.25) is 0 Å². The Labute approximate surface area is 131 Å². The maximum Gasteiger partial charge on any atom is 0.200 e. The lowest BCUT2D eigenvalue weighted by atomic mass is 10.1. The van der Waals surface area contributed by atoms with Gasteiger partial charge in [0.25, 0.3) is 0 Å². The lowest BCUT2D eigenvalue weighted by Gasteiger charge is -2.08. The molecule has 0 atom stereocenters. The molecule has 2 aromatic rings. The number of hydrogen-bond acceptors (Lipinski definition) is 3. The number of hydrogen-bond donors (Lipinski definition) is 0. The Balaban J connectivity index is 2.04. The fourth-order valence-electron chi connectivity index (χ4n) is 1.64. The molecule has 2 aromatic carbocycles. The van der Waals surface area contributed by atoms with Crippen LogP contribution in [-0.4, -0.2) is 19.5 Å². The molecule has 0 aliphatic rings. The van der Waals surface area contributed by atoms with E-state index in [1.807, 2.05) is 0 Å². The number of rotatable bonds is 5. The molecule has 2 rings (SSSR count). The zero-order valence-electron chi connectivity index (χ0n) is 11.0. The third-order valence-corrected chi connectivity index (χ3v) is 3.34. The van der Waals surface area contributed by atoms with E-state index in [2.05, 4.69) is 0 Å². The second-order valence-electron chi connectivity index (χ2n) is 4.14. The van der Waals surface area contributed by atoms with Gasteiger partial charge in [-0.05, 0) is 30.3 Å². The summed E-state index contributed by atoms with van der Waals surface area (Å²) in [5, 5.41) is 0.330. The Morgan fingerprint density at radius 1 is 1.14 bits per heavy atom. The van der Waals surface area contributed by atoms with E-state index in [0.717, 1.165) is 6.07 Å². The number of halogens is 3. The molecule has 0 aliphatic carbocycles. The van der Waals surface area contributed by atoms with Crippen LogP contribution in [0.15, 0.2) is 36.4 Å². The molecule has 0 N–H and O–H groups in total. The summed E-state index contributed by atoms with van der Waals surface area (Å²) in [4.78, 5) is 12.0. The minimum Gasteiger partial charge on any atom is -0.495 e. The number of ether oxygens (including phenoxy) is 2. The van der Waals surface area contributed by atoms with Crippen molar-refractivity contribution in [1.82, 2.24) is 0 Å². The van der Waals surface area contributed by atoms with Gasteiger partial charge >= 0.3 is 0 Å². The van der Waals surface area contributed by atoms with E-state index in [-0.39, 0.29) is 23.2 Å². The highest BCUT2D eigenvalue weighted by molar-refractivity contribution is 6.32. The molecule has 21 heavy (non-hydrogen) atoms. The summed E-state index contributed by atoms with van der Waals surface area (Å²) >= 11 is 11.5. The summed E-state index contributed by atoms with van der Waals surface area (Å²) in [6.45, 7) is -0.232. The molecule has 6 heteroatoms. The summed E-state index contributed by atoms with van der Waals surface area (Å²) in [7, 11) is 1.49. The first-order valence-electron chi connectivity index (χ1n) is 5.96. The molecule has 0 saturated carbocycles. The third-order valence-electron chi connectivity index (χ3n) is 2.73. The Morgan fingerprint density at radius 2 is 1.90 bits per heavy atom. The highest BCUT2D eigenvalue weighted by Crippen LogP contribution is 2.25. The first-order valence-corrected chi connectivity index (χ1v) is 6.71. The Kier molecular flexibility index (Phi) is 5.04. The molecule has 0 amide bonds. The monoisotopic (exact) mass is 328 g/mol. The summed E-state index contributed by atoms with van der Waals surface area (Å²) in [5.41, 5.74) is 0.384. The van der Waals surface area contributed by atoms with Gasteiger partial charge < -0.3 is 9.47 Å². The van der Waals surface area contributed by atoms with Crippen molar-refractivity contribution >= 4 is 29.0 Å². The lowest BCUT2D eigenvalue weighted by Crippen LogP contribution is -2.11. The van der Waals surface area contributed by atoms with E-state index in [4.69, 9.17) is 32.7 Å². The largest absolute Gasteiger partial charge is 0.495 e. The number of Topliss-reactive ketones (excluding diaryl/α,β-unsaturated/α-hetero) is 1. The molecule has 0 aliphatic heterocycles. The maximum atomic E-state index is 13.2. The van der Waals surface area contributed by atoms with E-state index >= 15 is 0 Å². The molecule has 0 radical (unpaired) electrons. The van der Waals surface area contributed by atoms with Gasteiger partial charge in [0.1, 0.15) is 17.3 Å². The van der Waals surface area contributed by atoms with Crippen molar-refractivity contribution in [3.63, 3.8) is 0 Å². The van der Waals surface area contributed by atoms with Crippen LogP contribution in [0.1, 0.15) is 10.4 Å². The van der Waals surface area contributed by atoms with Crippen LogP contribution >= 0.6 is 23.2 Å². The van der Waals surface area contributed by atoms with Gasteiger partial charge in [0.15, 0.2) is 12.4 Å². The van der Waals surface area contributed by atoms with Gasteiger partial charge in [-0.2, -0.15) is 0 Å². The fourth-order valence-corrected chi connectivity index (χ4v) is 2.01. The van der Waals surface area contributed by atoms with E-state index in [0.29, 0.717) is 16.3 Å². The predicted octanol–water partition coefficient (Wildman–Crippen LogP) is 4.40. The van der Waals surface area contributed by atoms with Gasteiger partial charge in [-0.1, -0.05) is 23.2 Å². The van der Waals surface area contributed by atoms with Crippen LogP contribution in [0.5, 0.6) is 11.5 Å². The Morgan fingerprint density at radius 3 is 2.52 bits per heavy atom. The van der Waals surface area contributed by atoms with E-state index in [1.54, 1.807) is 12.1 Å². The summed E-state index contributed by atoms with van der Waals surface area (Å²) in [6, 6.07) is 8.64. The van der Waals surface area contributed by atoms with E-state index < -0.39 is 5.82 Å². The Bertz CT molecular complexity index is 674. The average Bonchev–Trinajstić information content (AvgIpc) is 2.48. The zero-order chi connectivity index (χ0) is 15.4. The first-order chi connectivity index (χ1) is 10.0. The van der Waals surface area contributed by atoms with Crippen LogP contribution in [0.25, 0.3) is 0 Å². The molecule has 0 heterocycles. The normalized spacial score (nSPS) is 10.3. The molecule has 0 spiro atoms.